The summed E-state index contributed by atoms with van der Waals surface area (Å²) in [6, 6.07) is 18.2. The molecule has 3 aromatic rings. The number of hydrogen-bond donors (Lipinski definition) is 0. The number of imide groups is 1. The molecule has 0 N–H and O–H groups in total. The van der Waals surface area contributed by atoms with E-state index in [4.69, 9.17) is 16.3 Å². The van der Waals surface area contributed by atoms with Crippen molar-refractivity contribution in [2.45, 2.75) is 6.61 Å². The lowest BCUT2D eigenvalue weighted by Gasteiger charge is -2.12. The Kier molecular flexibility index (Phi) is 6.64. The fourth-order valence-electron chi connectivity index (χ4n) is 2.94. The van der Waals surface area contributed by atoms with Gasteiger partial charge in [0.05, 0.1) is 14.2 Å². The molecule has 0 aromatic heterocycles. The fourth-order valence-corrected chi connectivity index (χ4v) is 4.61. The van der Waals surface area contributed by atoms with E-state index in [-0.39, 0.29) is 23.6 Å². The molecular weight excluding hydrogens is 552 g/mol. The first-order chi connectivity index (χ1) is 14.9. The molecular formula is C23H14ClFINO3S. The predicted molar refractivity (Wildman–Crippen MR) is 130 cm³/mol. The second-order valence-corrected chi connectivity index (χ2v) is 9.19. The van der Waals surface area contributed by atoms with E-state index in [2.05, 4.69) is 22.6 Å². The van der Waals surface area contributed by atoms with Crippen LogP contribution in [0.3, 0.4) is 0 Å². The van der Waals surface area contributed by atoms with Crippen LogP contribution >= 0.6 is 46.0 Å². The summed E-state index contributed by atoms with van der Waals surface area (Å²) in [6.45, 7) is 0.243. The molecule has 1 fully saturated rings. The molecule has 3 aromatic carbocycles. The highest BCUT2D eigenvalue weighted by atomic mass is 127. The summed E-state index contributed by atoms with van der Waals surface area (Å²) in [5.74, 6) is -0.0336. The highest BCUT2D eigenvalue weighted by molar-refractivity contribution is 14.1. The van der Waals surface area contributed by atoms with Crippen molar-refractivity contribution in [3.8, 4) is 5.75 Å². The molecule has 8 heteroatoms. The number of halogens is 3. The summed E-state index contributed by atoms with van der Waals surface area (Å²) in [4.78, 5) is 26.6. The average Bonchev–Trinajstić information content (AvgIpc) is 3.01. The molecule has 0 bridgehead atoms. The summed E-state index contributed by atoms with van der Waals surface area (Å²) in [7, 11) is 0. The van der Waals surface area contributed by atoms with Crippen LogP contribution < -0.4 is 9.64 Å². The third-order valence-corrected chi connectivity index (χ3v) is 6.38. The zero-order valence-corrected chi connectivity index (χ0v) is 19.6. The summed E-state index contributed by atoms with van der Waals surface area (Å²) in [5.41, 5.74) is 1.98. The van der Waals surface area contributed by atoms with Crippen molar-refractivity contribution in [2.75, 3.05) is 4.90 Å². The maximum absolute atomic E-state index is 13.3. The molecule has 156 valence electrons. The molecule has 2 amide bonds. The van der Waals surface area contributed by atoms with E-state index in [0.717, 1.165) is 31.4 Å². The third kappa shape index (κ3) is 5.11. The Bertz CT molecular complexity index is 1200. The maximum atomic E-state index is 13.3. The van der Waals surface area contributed by atoms with Gasteiger partial charge < -0.3 is 4.74 Å². The van der Waals surface area contributed by atoms with Crippen LogP contribution in [0, 0.1) is 9.39 Å². The molecule has 31 heavy (non-hydrogen) atoms. The Balaban J connectivity index is 1.49. The number of anilines is 1. The number of carbonyl (C=O) groups excluding carboxylic acids is 2. The van der Waals surface area contributed by atoms with Gasteiger partial charge in [-0.1, -0.05) is 29.8 Å². The van der Waals surface area contributed by atoms with Gasteiger partial charge in [-0.2, -0.15) is 0 Å². The minimum Gasteiger partial charge on any atom is -0.488 e. The third-order valence-electron chi connectivity index (χ3n) is 4.42. The number of nitrogens with zero attached hydrogens (tertiary/aromatic N) is 1. The summed E-state index contributed by atoms with van der Waals surface area (Å²) < 4.78 is 19.9. The van der Waals surface area contributed by atoms with Gasteiger partial charge in [0.2, 0.25) is 0 Å². The molecule has 4 rings (SSSR count). The zero-order chi connectivity index (χ0) is 22.0. The van der Waals surface area contributed by atoms with Gasteiger partial charge in [0.15, 0.2) is 0 Å². The summed E-state index contributed by atoms with van der Waals surface area (Å²) >= 11 is 8.92. The number of carbonyl (C=O) groups is 2. The van der Waals surface area contributed by atoms with Crippen LogP contribution in [0.1, 0.15) is 11.1 Å². The largest absolute Gasteiger partial charge is 0.488 e. The minimum absolute atomic E-state index is 0.243. The van der Waals surface area contributed by atoms with E-state index < -0.39 is 0 Å². The first-order valence-corrected chi connectivity index (χ1v) is 11.4. The molecule has 0 saturated carbocycles. The molecule has 1 aliphatic rings. The lowest BCUT2D eigenvalue weighted by Crippen LogP contribution is -2.27. The van der Waals surface area contributed by atoms with Crippen molar-refractivity contribution in [3.05, 3.63) is 97.2 Å². The maximum Gasteiger partial charge on any atom is 0.298 e. The lowest BCUT2D eigenvalue weighted by atomic mass is 10.2. The number of hydrogen-bond acceptors (Lipinski definition) is 4. The Hall–Kier alpha value is -2.36. The van der Waals surface area contributed by atoms with E-state index in [0.29, 0.717) is 21.4 Å². The fraction of sp³-hybridized carbons (Fsp3) is 0.0435. The van der Waals surface area contributed by atoms with Gasteiger partial charge in [-0.05, 0) is 100 Å². The van der Waals surface area contributed by atoms with Crippen molar-refractivity contribution >= 4 is 68.9 Å². The van der Waals surface area contributed by atoms with Gasteiger partial charge in [0, 0.05) is 5.02 Å². The van der Waals surface area contributed by atoms with E-state index in [1.165, 1.54) is 12.1 Å². The van der Waals surface area contributed by atoms with Gasteiger partial charge >= 0.3 is 0 Å². The van der Waals surface area contributed by atoms with Crippen LogP contribution in [-0.4, -0.2) is 11.1 Å². The molecule has 1 saturated heterocycles. The molecule has 0 spiro atoms. The SMILES string of the molecule is O=C1S/C(=C/c2ccc(OCc3cccc(F)c3)c(I)c2)C(=O)N1c1ccc(Cl)cc1. The molecule has 1 heterocycles. The lowest BCUT2D eigenvalue weighted by molar-refractivity contribution is -0.113. The minimum atomic E-state index is -0.376. The number of thioether (sulfide) groups is 1. The van der Waals surface area contributed by atoms with Gasteiger partial charge in [-0.3, -0.25) is 9.59 Å². The number of amides is 2. The predicted octanol–water partition coefficient (Wildman–Crippen LogP) is 6.90. The second kappa shape index (κ2) is 9.42. The van der Waals surface area contributed by atoms with Crippen molar-refractivity contribution in [2.24, 2.45) is 0 Å². The van der Waals surface area contributed by atoms with Crippen LogP contribution in [0.4, 0.5) is 14.9 Å². The van der Waals surface area contributed by atoms with Crippen molar-refractivity contribution in [1.29, 1.82) is 0 Å². The van der Waals surface area contributed by atoms with E-state index in [9.17, 15) is 14.0 Å². The average molecular weight is 566 g/mol. The Morgan fingerprint density at radius 2 is 1.84 bits per heavy atom. The first kappa shape index (κ1) is 21.9. The van der Waals surface area contributed by atoms with Gasteiger partial charge in [0.1, 0.15) is 18.2 Å². The van der Waals surface area contributed by atoms with Crippen LogP contribution in [0.2, 0.25) is 5.02 Å². The quantitative estimate of drug-likeness (QED) is 0.249. The van der Waals surface area contributed by atoms with Crippen LogP contribution in [0.15, 0.2) is 71.6 Å². The molecule has 4 nitrogen and oxygen atoms in total. The van der Waals surface area contributed by atoms with Crippen molar-refractivity contribution in [1.82, 2.24) is 0 Å². The smallest absolute Gasteiger partial charge is 0.298 e. The number of benzene rings is 3. The molecule has 0 unspecified atom stereocenters. The van der Waals surface area contributed by atoms with E-state index in [1.54, 1.807) is 54.6 Å². The standard InChI is InChI=1S/C23H14ClFINO3S/c24-16-5-7-18(8-6-16)27-22(28)21(31-23(27)29)12-14-4-9-20(19(26)11-14)30-13-15-2-1-3-17(25)10-15/h1-12H,13H2/b21-12+. The van der Waals surface area contributed by atoms with Crippen LogP contribution in [-0.2, 0) is 11.4 Å². The normalized spacial score (nSPS) is 15.1. The molecule has 0 radical (unpaired) electrons. The van der Waals surface area contributed by atoms with Gasteiger partial charge in [-0.15, -0.1) is 0 Å². The highest BCUT2D eigenvalue weighted by Crippen LogP contribution is 2.36. The highest BCUT2D eigenvalue weighted by Gasteiger charge is 2.36. The molecule has 1 aliphatic heterocycles. The molecule has 0 aliphatic carbocycles. The summed E-state index contributed by atoms with van der Waals surface area (Å²) in [5, 5.41) is 0.170. The van der Waals surface area contributed by atoms with Gasteiger partial charge in [-0.25, -0.2) is 9.29 Å². The van der Waals surface area contributed by atoms with Gasteiger partial charge in [0.25, 0.3) is 11.1 Å². The second-order valence-electron chi connectivity index (χ2n) is 6.60. The zero-order valence-electron chi connectivity index (χ0n) is 15.8. The molecule has 0 atom stereocenters. The Morgan fingerprint density at radius 3 is 2.55 bits per heavy atom. The van der Waals surface area contributed by atoms with Crippen LogP contribution in [0.5, 0.6) is 5.75 Å². The van der Waals surface area contributed by atoms with E-state index in [1.807, 2.05) is 6.07 Å². The van der Waals surface area contributed by atoms with Crippen molar-refractivity contribution < 1.29 is 18.7 Å². The van der Waals surface area contributed by atoms with Crippen LogP contribution in [0.25, 0.3) is 6.08 Å². The number of ether oxygens (including phenoxy) is 1. The summed E-state index contributed by atoms with van der Waals surface area (Å²) in [6.07, 6.45) is 1.68. The first-order valence-electron chi connectivity index (χ1n) is 9.11. The Morgan fingerprint density at radius 1 is 1.06 bits per heavy atom. The van der Waals surface area contributed by atoms with E-state index >= 15 is 0 Å². The topological polar surface area (TPSA) is 46.6 Å². The number of rotatable bonds is 5. The van der Waals surface area contributed by atoms with Crippen molar-refractivity contribution in [3.63, 3.8) is 0 Å². The Labute approximate surface area is 201 Å². The monoisotopic (exact) mass is 565 g/mol.